The maximum absolute atomic E-state index is 8.66. The summed E-state index contributed by atoms with van der Waals surface area (Å²) in [5.41, 5.74) is 2.44. The van der Waals surface area contributed by atoms with Gasteiger partial charge in [-0.3, -0.25) is 0 Å². The minimum Gasteiger partial charge on any atom is -0.340 e. The summed E-state index contributed by atoms with van der Waals surface area (Å²) in [7, 11) is 0. The van der Waals surface area contributed by atoms with Crippen LogP contribution in [-0.4, -0.2) is 4.98 Å². The van der Waals surface area contributed by atoms with Crippen LogP contribution in [0.25, 0.3) is 0 Å². The van der Waals surface area contributed by atoms with Gasteiger partial charge in [0.05, 0.1) is 5.56 Å². The number of nitrogens with zero attached hydrogens (tertiary/aromatic N) is 2. The molecular formula is C13H10ClN3. The Morgan fingerprint density at radius 2 is 2.12 bits per heavy atom. The number of aromatic nitrogens is 1. The molecule has 2 rings (SSSR count). The lowest BCUT2D eigenvalue weighted by atomic mass is 10.2. The van der Waals surface area contributed by atoms with Crippen LogP contribution in [-0.2, 0) is 0 Å². The monoisotopic (exact) mass is 243 g/mol. The zero-order valence-electron chi connectivity index (χ0n) is 9.24. The molecule has 1 aromatic heterocycles. The molecule has 0 radical (unpaired) electrons. The fourth-order valence-electron chi connectivity index (χ4n) is 1.35. The highest BCUT2D eigenvalue weighted by atomic mass is 35.5. The highest BCUT2D eigenvalue weighted by Gasteiger charge is 1.99. The van der Waals surface area contributed by atoms with Crippen LogP contribution in [0.1, 0.15) is 11.1 Å². The maximum Gasteiger partial charge on any atom is 0.130 e. The Morgan fingerprint density at radius 1 is 1.29 bits per heavy atom. The first-order chi connectivity index (χ1) is 8.19. The number of pyridine rings is 1. The fourth-order valence-corrected chi connectivity index (χ4v) is 1.53. The van der Waals surface area contributed by atoms with Crippen molar-refractivity contribution in [3.8, 4) is 6.07 Å². The van der Waals surface area contributed by atoms with Crippen LogP contribution < -0.4 is 5.32 Å². The summed E-state index contributed by atoms with van der Waals surface area (Å²) in [5.74, 6) is 0.684. The van der Waals surface area contributed by atoms with Gasteiger partial charge in [0.25, 0.3) is 0 Å². The summed E-state index contributed by atoms with van der Waals surface area (Å²) in [5, 5.41) is 12.5. The van der Waals surface area contributed by atoms with E-state index < -0.39 is 0 Å². The van der Waals surface area contributed by atoms with Crippen LogP contribution in [0.4, 0.5) is 11.5 Å². The molecule has 2 aromatic rings. The lowest BCUT2D eigenvalue weighted by Gasteiger charge is -2.06. The van der Waals surface area contributed by atoms with E-state index in [9.17, 15) is 0 Å². The van der Waals surface area contributed by atoms with Crippen molar-refractivity contribution in [1.29, 1.82) is 5.26 Å². The lowest BCUT2D eigenvalue weighted by Crippen LogP contribution is -1.93. The zero-order chi connectivity index (χ0) is 12.3. The van der Waals surface area contributed by atoms with Crippen molar-refractivity contribution in [2.45, 2.75) is 6.92 Å². The highest BCUT2D eigenvalue weighted by Crippen LogP contribution is 2.22. The molecule has 0 amide bonds. The third kappa shape index (κ3) is 2.74. The molecule has 0 spiro atoms. The summed E-state index contributed by atoms with van der Waals surface area (Å²) in [6.07, 6.45) is 1.53. The number of hydrogen-bond donors (Lipinski definition) is 1. The van der Waals surface area contributed by atoms with Gasteiger partial charge in [-0.25, -0.2) is 4.98 Å². The number of aryl methyl sites for hydroxylation is 1. The number of nitriles is 1. The molecule has 0 unspecified atom stereocenters. The fraction of sp³-hybridized carbons (Fsp3) is 0.0769. The van der Waals surface area contributed by atoms with E-state index in [0.29, 0.717) is 16.4 Å². The van der Waals surface area contributed by atoms with Gasteiger partial charge < -0.3 is 5.32 Å². The molecule has 0 saturated carbocycles. The summed E-state index contributed by atoms with van der Waals surface area (Å²) in [4.78, 5) is 4.12. The van der Waals surface area contributed by atoms with E-state index in [0.717, 1.165) is 11.3 Å². The van der Waals surface area contributed by atoms with E-state index in [2.05, 4.69) is 10.3 Å². The highest BCUT2D eigenvalue weighted by molar-refractivity contribution is 6.31. The number of hydrogen-bond acceptors (Lipinski definition) is 3. The molecule has 0 bridgehead atoms. The molecular weight excluding hydrogens is 234 g/mol. The van der Waals surface area contributed by atoms with Crippen molar-refractivity contribution in [3.63, 3.8) is 0 Å². The molecule has 4 heteroatoms. The summed E-state index contributed by atoms with van der Waals surface area (Å²) in [6.45, 7) is 1.95. The second-order valence-corrected chi connectivity index (χ2v) is 4.04. The van der Waals surface area contributed by atoms with Crippen LogP contribution >= 0.6 is 11.6 Å². The minimum atomic E-state index is 0.539. The second-order valence-electron chi connectivity index (χ2n) is 3.63. The van der Waals surface area contributed by atoms with Crippen molar-refractivity contribution in [1.82, 2.24) is 4.98 Å². The molecule has 0 aliphatic rings. The Morgan fingerprint density at radius 3 is 2.71 bits per heavy atom. The Labute approximate surface area is 105 Å². The number of anilines is 2. The van der Waals surface area contributed by atoms with Gasteiger partial charge in [0.15, 0.2) is 0 Å². The van der Waals surface area contributed by atoms with Gasteiger partial charge in [0.1, 0.15) is 11.9 Å². The Hall–Kier alpha value is -2.05. The molecule has 0 atom stereocenters. The van der Waals surface area contributed by atoms with Crippen LogP contribution in [0.3, 0.4) is 0 Å². The first-order valence-electron chi connectivity index (χ1n) is 5.08. The lowest BCUT2D eigenvalue weighted by molar-refractivity contribution is 1.28. The van der Waals surface area contributed by atoms with E-state index in [1.807, 2.05) is 31.2 Å². The molecule has 84 valence electrons. The largest absolute Gasteiger partial charge is 0.340 e. The third-order valence-corrected chi connectivity index (χ3v) is 2.74. The Bertz CT molecular complexity index is 570. The van der Waals surface area contributed by atoms with Crippen LogP contribution in [0.15, 0.2) is 36.5 Å². The number of halogens is 1. The maximum atomic E-state index is 8.66. The first kappa shape index (κ1) is 11.4. The molecule has 3 nitrogen and oxygen atoms in total. The molecule has 1 heterocycles. The molecule has 0 fully saturated rings. The SMILES string of the molecule is Cc1ccc(Nc2ccc(C#N)cn2)cc1Cl. The van der Waals surface area contributed by atoms with Gasteiger partial charge in [0, 0.05) is 16.9 Å². The molecule has 0 aliphatic heterocycles. The first-order valence-corrected chi connectivity index (χ1v) is 5.46. The molecule has 0 saturated heterocycles. The van der Waals surface area contributed by atoms with Crippen LogP contribution in [0, 0.1) is 18.3 Å². The normalized spacial score (nSPS) is 9.71. The number of rotatable bonds is 2. The average molecular weight is 244 g/mol. The number of benzene rings is 1. The van der Waals surface area contributed by atoms with E-state index in [1.54, 1.807) is 12.1 Å². The molecule has 17 heavy (non-hydrogen) atoms. The summed E-state index contributed by atoms with van der Waals surface area (Å²) in [6, 6.07) is 11.2. The van der Waals surface area contributed by atoms with Crippen molar-refractivity contribution in [2.24, 2.45) is 0 Å². The van der Waals surface area contributed by atoms with E-state index in [1.165, 1.54) is 6.20 Å². The Balaban J connectivity index is 2.20. The standard InChI is InChI=1S/C13H10ClN3/c1-9-2-4-11(6-12(9)14)17-13-5-3-10(7-15)8-16-13/h2-6,8H,1H3,(H,16,17). The van der Waals surface area contributed by atoms with Crippen LogP contribution in [0.5, 0.6) is 0 Å². The average Bonchev–Trinajstić information content (AvgIpc) is 2.35. The van der Waals surface area contributed by atoms with Crippen molar-refractivity contribution in [3.05, 3.63) is 52.7 Å². The predicted molar refractivity (Wildman–Crippen MR) is 68.4 cm³/mol. The van der Waals surface area contributed by atoms with Gasteiger partial charge in [-0.1, -0.05) is 17.7 Å². The van der Waals surface area contributed by atoms with Crippen molar-refractivity contribution in [2.75, 3.05) is 5.32 Å². The minimum absolute atomic E-state index is 0.539. The van der Waals surface area contributed by atoms with Crippen LogP contribution in [0.2, 0.25) is 5.02 Å². The van der Waals surface area contributed by atoms with Gasteiger partial charge in [-0.15, -0.1) is 0 Å². The van der Waals surface area contributed by atoms with Gasteiger partial charge in [-0.2, -0.15) is 5.26 Å². The molecule has 1 N–H and O–H groups in total. The van der Waals surface area contributed by atoms with Gasteiger partial charge >= 0.3 is 0 Å². The molecule has 1 aromatic carbocycles. The van der Waals surface area contributed by atoms with E-state index in [-0.39, 0.29) is 0 Å². The van der Waals surface area contributed by atoms with Crippen molar-refractivity contribution < 1.29 is 0 Å². The third-order valence-electron chi connectivity index (χ3n) is 2.34. The quantitative estimate of drug-likeness (QED) is 0.876. The van der Waals surface area contributed by atoms with E-state index in [4.69, 9.17) is 16.9 Å². The summed E-state index contributed by atoms with van der Waals surface area (Å²) < 4.78 is 0. The second kappa shape index (κ2) is 4.86. The zero-order valence-corrected chi connectivity index (χ0v) is 9.99. The summed E-state index contributed by atoms with van der Waals surface area (Å²) >= 11 is 6.02. The van der Waals surface area contributed by atoms with Gasteiger partial charge in [0.2, 0.25) is 0 Å². The predicted octanol–water partition coefficient (Wildman–Crippen LogP) is 3.66. The van der Waals surface area contributed by atoms with Crippen molar-refractivity contribution >= 4 is 23.1 Å². The number of nitrogens with one attached hydrogen (secondary N) is 1. The Kier molecular flexibility index (Phi) is 3.27. The van der Waals surface area contributed by atoms with Gasteiger partial charge in [-0.05, 0) is 36.8 Å². The van der Waals surface area contributed by atoms with E-state index >= 15 is 0 Å². The smallest absolute Gasteiger partial charge is 0.130 e. The molecule has 0 aliphatic carbocycles. The topological polar surface area (TPSA) is 48.7 Å².